The number of aromatic nitrogens is 1. The Bertz CT molecular complexity index is 225. The molecule has 0 amide bonds. The zero-order valence-electron chi connectivity index (χ0n) is 6.13. The van der Waals surface area contributed by atoms with Gasteiger partial charge in [0.2, 0.25) is 0 Å². The van der Waals surface area contributed by atoms with Crippen LogP contribution in [0, 0.1) is 0 Å². The van der Waals surface area contributed by atoms with Crippen LogP contribution >= 0.6 is 0 Å². The van der Waals surface area contributed by atoms with Gasteiger partial charge in [0.15, 0.2) is 5.89 Å². The van der Waals surface area contributed by atoms with Crippen molar-refractivity contribution in [2.24, 2.45) is 0 Å². The fourth-order valence-corrected chi connectivity index (χ4v) is 1.01. The molecule has 1 heterocycles. The van der Waals surface area contributed by atoms with Crippen molar-refractivity contribution in [3.8, 4) is 0 Å². The van der Waals surface area contributed by atoms with Crippen LogP contribution in [0.15, 0.2) is 10.6 Å². The fourth-order valence-electron chi connectivity index (χ4n) is 1.01. The quantitative estimate of drug-likeness (QED) is 0.624. The summed E-state index contributed by atoms with van der Waals surface area (Å²) in [6, 6.07) is 0. The molecule has 0 atom stereocenters. The smallest absolute Gasteiger partial charge is 0.197 e. The van der Waals surface area contributed by atoms with Gasteiger partial charge in [0.05, 0.1) is 6.20 Å². The van der Waals surface area contributed by atoms with Gasteiger partial charge in [-0.3, -0.25) is 0 Å². The third-order valence-electron chi connectivity index (χ3n) is 1.85. The fraction of sp³-hybridized carbons (Fsp3) is 0.625. The number of aryl methyl sites for hydroxylation is 1. The lowest BCUT2D eigenvalue weighted by molar-refractivity contribution is 0.460. The molecule has 0 aliphatic heterocycles. The minimum absolute atomic E-state index is 0.653. The molecule has 0 spiro atoms. The number of nitrogens with zero attached hydrogens (tertiary/aromatic N) is 1. The van der Waals surface area contributed by atoms with Crippen LogP contribution in [0.2, 0.25) is 0 Å². The number of hydrogen-bond donors (Lipinski definition) is 0. The molecule has 2 nitrogen and oxygen atoms in total. The molecule has 1 aliphatic carbocycles. The lowest BCUT2D eigenvalue weighted by atomic mass is 10.4. The molecule has 1 aromatic heterocycles. The van der Waals surface area contributed by atoms with E-state index in [1.54, 1.807) is 0 Å². The highest BCUT2D eigenvalue weighted by atomic mass is 16.4. The summed E-state index contributed by atoms with van der Waals surface area (Å²) in [6.07, 6.45) is 5.33. The van der Waals surface area contributed by atoms with Gasteiger partial charge >= 0.3 is 0 Å². The van der Waals surface area contributed by atoms with Gasteiger partial charge < -0.3 is 4.42 Å². The van der Waals surface area contributed by atoms with Gasteiger partial charge in [-0.1, -0.05) is 6.92 Å². The molecular formula is C8H11NO. The van der Waals surface area contributed by atoms with E-state index in [1.165, 1.54) is 12.8 Å². The van der Waals surface area contributed by atoms with Gasteiger partial charge in [-0.05, 0) is 12.8 Å². The van der Waals surface area contributed by atoms with Gasteiger partial charge in [-0.15, -0.1) is 0 Å². The maximum Gasteiger partial charge on any atom is 0.197 e. The largest absolute Gasteiger partial charge is 0.445 e. The monoisotopic (exact) mass is 137 g/mol. The van der Waals surface area contributed by atoms with Crippen molar-refractivity contribution in [1.82, 2.24) is 4.98 Å². The van der Waals surface area contributed by atoms with Crippen LogP contribution in [0.5, 0.6) is 0 Å². The second-order valence-corrected chi connectivity index (χ2v) is 2.79. The molecule has 1 aliphatic rings. The second-order valence-electron chi connectivity index (χ2n) is 2.79. The Labute approximate surface area is 60.3 Å². The molecule has 0 saturated heterocycles. The molecule has 0 N–H and O–H groups in total. The van der Waals surface area contributed by atoms with Gasteiger partial charge in [-0.25, -0.2) is 4.98 Å². The number of hydrogen-bond acceptors (Lipinski definition) is 2. The first kappa shape index (κ1) is 5.96. The molecule has 1 saturated carbocycles. The van der Waals surface area contributed by atoms with Gasteiger partial charge in [0, 0.05) is 12.3 Å². The van der Waals surface area contributed by atoms with E-state index in [0.717, 1.165) is 18.1 Å². The van der Waals surface area contributed by atoms with Gasteiger partial charge in [0.1, 0.15) is 5.76 Å². The summed E-state index contributed by atoms with van der Waals surface area (Å²) in [5.74, 6) is 2.62. The Morgan fingerprint density at radius 2 is 2.50 bits per heavy atom. The standard InChI is InChI=1S/C8H11NO/c1-2-7-5-9-8(10-7)6-3-4-6/h5-6H,2-4H2,1H3. The molecule has 1 fully saturated rings. The van der Waals surface area contributed by atoms with Crippen LogP contribution < -0.4 is 0 Å². The predicted molar refractivity (Wildman–Crippen MR) is 37.9 cm³/mol. The molecule has 0 unspecified atom stereocenters. The van der Waals surface area contributed by atoms with E-state index in [4.69, 9.17) is 4.42 Å². The lowest BCUT2D eigenvalue weighted by Crippen LogP contribution is -1.74. The predicted octanol–water partition coefficient (Wildman–Crippen LogP) is 2.11. The summed E-state index contributed by atoms with van der Waals surface area (Å²) in [5.41, 5.74) is 0. The average Bonchev–Trinajstić information content (AvgIpc) is 2.70. The minimum Gasteiger partial charge on any atom is -0.445 e. The van der Waals surface area contributed by atoms with E-state index in [9.17, 15) is 0 Å². The summed E-state index contributed by atoms with van der Waals surface area (Å²) >= 11 is 0. The molecule has 10 heavy (non-hydrogen) atoms. The highest BCUT2D eigenvalue weighted by molar-refractivity contribution is 5.04. The zero-order valence-corrected chi connectivity index (χ0v) is 6.13. The summed E-state index contributed by atoms with van der Waals surface area (Å²) < 4.78 is 5.45. The van der Waals surface area contributed by atoms with Crippen LogP contribution in [-0.4, -0.2) is 4.98 Å². The Balaban J connectivity index is 2.19. The molecule has 1 aromatic rings. The second kappa shape index (κ2) is 2.11. The van der Waals surface area contributed by atoms with E-state index in [0.29, 0.717) is 5.92 Å². The summed E-state index contributed by atoms with van der Waals surface area (Å²) in [7, 11) is 0. The molecule has 54 valence electrons. The Morgan fingerprint density at radius 3 is 3.00 bits per heavy atom. The maximum atomic E-state index is 5.45. The normalized spacial score (nSPS) is 17.7. The molecular weight excluding hydrogens is 126 g/mol. The molecule has 0 radical (unpaired) electrons. The molecule has 2 heteroatoms. The maximum absolute atomic E-state index is 5.45. The van der Waals surface area contributed by atoms with Crippen LogP contribution in [-0.2, 0) is 6.42 Å². The van der Waals surface area contributed by atoms with Gasteiger partial charge in [0.25, 0.3) is 0 Å². The molecule has 0 aromatic carbocycles. The lowest BCUT2D eigenvalue weighted by Gasteiger charge is -1.85. The number of rotatable bonds is 2. The Morgan fingerprint density at radius 1 is 1.70 bits per heavy atom. The van der Waals surface area contributed by atoms with Crippen molar-refractivity contribution >= 4 is 0 Å². The third-order valence-corrected chi connectivity index (χ3v) is 1.85. The average molecular weight is 137 g/mol. The summed E-state index contributed by atoms with van der Waals surface area (Å²) in [6.45, 7) is 2.08. The summed E-state index contributed by atoms with van der Waals surface area (Å²) in [4.78, 5) is 4.18. The van der Waals surface area contributed by atoms with E-state index < -0.39 is 0 Å². The van der Waals surface area contributed by atoms with Crippen LogP contribution in [0.25, 0.3) is 0 Å². The molecule has 2 rings (SSSR count). The van der Waals surface area contributed by atoms with E-state index in [2.05, 4.69) is 11.9 Å². The Hall–Kier alpha value is -0.790. The van der Waals surface area contributed by atoms with Crippen LogP contribution in [0.3, 0.4) is 0 Å². The van der Waals surface area contributed by atoms with Crippen LogP contribution in [0.1, 0.15) is 37.3 Å². The molecule has 0 bridgehead atoms. The Kier molecular flexibility index (Phi) is 1.26. The van der Waals surface area contributed by atoms with Crippen LogP contribution in [0.4, 0.5) is 0 Å². The topological polar surface area (TPSA) is 26.0 Å². The number of oxazole rings is 1. The highest BCUT2D eigenvalue weighted by Gasteiger charge is 2.28. The van der Waals surface area contributed by atoms with Crippen molar-refractivity contribution in [2.75, 3.05) is 0 Å². The first-order valence-corrected chi connectivity index (χ1v) is 3.84. The van der Waals surface area contributed by atoms with Crippen molar-refractivity contribution in [2.45, 2.75) is 32.1 Å². The third kappa shape index (κ3) is 0.939. The zero-order chi connectivity index (χ0) is 6.97. The van der Waals surface area contributed by atoms with E-state index in [1.807, 2.05) is 6.20 Å². The van der Waals surface area contributed by atoms with Crippen molar-refractivity contribution in [3.63, 3.8) is 0 Å². The van der Waals surface area contributed by atoms with Gasteiger partial charge in [-0.2, -0.15) is 0 Å². The SMILES string of the molecule is CCc1cnc(C2CC2)o1. The van der Waals surface area contributed by atoms with Crippen molar-refractivity contribution in [3.05, 3.63) is 17.8 Å². The van der Waals surface area contributed by atoms with Crippen molar-refractivity contribution in [1.29, 1.82) is 0 Å². The van der Waals surface area contributed by atoms with Crippen molar-refractivity contribution < 1.29 is 4.42 Å². The van der Waals surface area contributed by atoms with E-state index in [-0.39, 0.29) is 0 Å². The highest BCUT2D eigenvalue weighted by Crippen LogP contribution is 2.39. The minimum atomic E-state index is 0.653. The van der Waals surface area contributed by atoms with E-state index >= 15 is 0 Å². The first-order valence-electron chi connectivity index (χ1n) is 3.84. The first-order chi connectivity index (χ1) is 4.90. The summed E-state index contributed by atoms with van der Waals surface area (Å²) in [5, 5.41) is 0.